The van der Waals surface area contributed by atoms with Gasteiger partial charge in [0.2, 0.25) is 5.91 Å². The number of carbonyl (C=O) groups excluding carboxylic acids is 2. The fraction of sp³-hybridized carbons (Fsp3) is 0.895. The number of urea groups is 1. The lowest BCUT2D eigenvalue weighted by atomic mass is 9.49. The number of carbonyl (C=O) groups is 2. The Labute approximate surface area is 158 Å². The van der Waals surface area contributed by atoms with Crippen LogP contribution in [0.25, 0.3) is 0 Å². The summed E-state index contributed by atoms with van der Waals surface area (Å²) in [7, 11) is 0. The topological polar surface area (TPSA) is 52.7 Å². The Morgan fingerprint density at radius 1 is 1.16 bits per heavy atom. The first-order valence-corrected chi connectivity index (χ1v) is 10.8. The van der Waals surface area contributed by atoms with E-state index >= 15 is 0 Å². The van der Waals surface area contributed by atoms with Crippen LogP contribution in [0.4, 0.5) is 4.79 Å². The van der Waals surface area contributed by atoms with Crippen LogP contribution in [0.15, 0.2) is 0 Å². The zero-order valence-electron chi connectivity index (χ0n) is 14.8. The van der Waals surface area contributed by atoms with Gasteiger partial charge in [-0.25, -0.2) is 4.79 Å². The second-order valence-electron chi connectivity index (χ2n) is 9.36. The number of hydrogen-bond donors (Lipinski definition) is 1. The molecule has 0 aromatic rings. The zero-order chi connectivity index (χ0) is 17.2. The van der Waals surface area contributed by atoms with E-state index in [1.807, 2.05) is 4.90 Å². The number of amides is 3. The van der Waals surface area contributed by atoms with Crippen LogP contribution in [-0.2, 0) is 4.79 Å². The van der Waals surface area contributed by atoms with Crippen LogP contribution in [0.5, 0.6) is 0 Å². The lowest BCUT2D eigenvalue weighted by Crippen LogP contribution is -2.61. The average molecular weight is 410 g/mol. The van der Waals surface area contributed by atoms with Crippen LogP contribution < -0.4 is 5.32 Å². The summed E-state index contributed by atoms with van der Waals surface area (Å²) in [5, 5.41) is 2.90. The summed E-state index contributed by atoms with van der Waals surface area (Å²) in [5.74, 6) is 1.86. The van der Waals surface area contributed by atoms with Crippen molar-refractivity contribution in [1.82, 2.24) is 15.1 Å². The molecule has 0 aromatic heterocycles. The van der Waals surface area contributed by atoms with Crippen LogP contribution in [0, 0.1) is 17.3 Å². The molecule has 0 unspecified atom stereocenters. The summed E-state index contributed by atoms with van der Waals surface area (Å²) in [6.07, 6.45) is 9.11. The minimum absolute atomic E-state index is 0.0496. The van der Waals surface area contributed by atoms with E-state index in [2.05, 4.69) is 26.1 Å². The van der Waals surface area contributed by atoms with Gasteiger partial charge in [-0.2, -0.15) is 0 Å². The molecule has 5 nitrogen and oxygen atoms in total. The SMILES string of the molecule is O=C1NCCN1[C@@H]1CCCN(C(=O)C23C[C@H]4C[C@@H](CC(Br)(C4)C2)C3)C1. The highest BCUT2D eigenvalue weighted by Crippen LogP contribution is 2.64. The van der Waals surface area contributed by atoms with Gasteiger partial charge in [0.15, 0.2) is 0 Å². The third kappa shape index (κ3) is 2.62. The van der Waals surface area contributed by atoms with Crippen molar-refractivity contribution in [3.05, 3.63) is 0 Å². The summed E-state index contributed by atoms with van der Waals surface area (Å²) >= 11 is 4.03. The minimum atomic E-state index is -0.122. The fourth-order valence-electron chi connectivity index (χ4n) is 6.96. The van der Waals surface area contributed by atoms with E-state index in [1.165, 1.54) is 19.3 Å². The molecule has 3 atom stereocenters. The van der Waals surface area contributed by atoms with Crippen molar-refractivity contribution in [3.8, 4) is 0 Å². The summed E-state index contributed by atoms with van der Waals surface area (Å²) < 4.78 is 0.219. The third-order valence-electron chi connectivity index (χ3n) is 7.46. The van der Waals surface area contributed by atoms with Gasteiger partial charge in [-0.15, -0.1) is 0 Å². The highest BCUT2D eigenvalue weighted by molar-refractivity contribution is 9.10. The van der Waals surface area contributed by atoms with Crippen LogP contribution in [0.1, 0.15) is 51.4 Å². The maximum Gasteiger partial charge on any atom is 0.317 e. The quantitative estimate of drug-likeness (QED) is 0.712. The van der Waals surface area contributed by atoms with Gasteiger partial charge in [-0.3, -0.25) is 4.79 Å². The van der Waals surface area contributed by atoms with Gasteiger partial charge < -0.3 is 15.1 Å². The first-order valence-electron chi connectivity index (χ1n) is 9.99. The predicted molar refractivity (Wildman–Crippen MR) is 98.5 cm³/mol. The van der Waals surface area contributed by atoms with E-state index in [0.29, 0.717) is 5.91 Å². The number of alkyl halides is 1. The zero-order valence-corrected chi connectivity index (χ0v) is 16.4. The standard InChI is InChI=1S/C19H28BrN3O2/c20-19-9-13-6-14(10-19)8-18(7-13,12-19)16(24)22-4-1-2-15(11-22)23-5-3-21-17(23)25/h13-15H,1-12H2,(H,21,25)/t13-,14-,15-,18?,19?/m1/s1. The van der Waals surface area contributed by atoms with Gasteiger partial charge in [0, 0.05) is 30.5 Å². The summed E-state index contributed by atoms with van der Waals surface area (Å²) in [6, 6.07) is 0.251. The molecule has 6 rings (SSSR count). The molecule has 1 N–H and O–H groups in total. The van der Waals surface area contributed by atoms with Gasteiger partial charge in [0.05, 0.1) is 11.5 Å². The first kappa shape index (κ1) is 16.4. The Kier molecular flexibility index (Phi) is 3.68. The van der Waals surface area contributed by atoms with Crippen molar-refractivity contribution in [2.45, 2.75) is 61.7 Å². The first-order chi connectivity index (χ1) is 12.0. The molecule has 4 saturated carbocycles. The number of hydrogen-bond acceptors (Lipinski definition) is 2. The molecule has 2 heterocycles. The normalized spacial score (nSPS) is 45.8. The van der Waals surface area contributed by atoms with E-state index in [-0.39, 0.29) is 21.8 Å². The lowest BCUT2D eigenvalue weighted by Gasteiger charge is -2.60. The summed E-state index contributed by atoms with van der Waals surface area (Å²) in [4.78, 5) is 29.7. The van der Waals surface area contributed by atoms with Gasteiger partial charge in [0.25, 0.3) is 0 Å². The average Bonchev–Trinajstić information content (AvgIpc) is 2.98. The number of likely N-dealkylation sites (tertiary alicyclic amines) is 1. The van der Waals surface area contributed by atoms with E-state index in [1.54, 1.807) is 0 Å². The molecular weight excluding hydrogens is 382 g/mol. The van der Waals surface area contributed by atoms with Crippen molar-refractivity contribution in [2.75, 3.05) is 26.2 Å². The van der Waals surface area contributed by atoms with Crippen molar-refractivity contribution < 1.29 is 9.59 Å². The largest absolute Gasteiger partial charge is 0.340 e. The molecule has 138 valence electrons. The molecule has 6 aliphatic rings. The Morgan fingerprint density at radius 2 is 1.92 bits per heavy atom. The Morgan fingerprint density at radius 3 is 2.56 bits per heavy atom. The molecule has 2 aliphatic heterocycles. The highest BCUT2D eigenvalue weighted by atomic mass is 79.9. The molecule has 0 radical (unpaired) electrons. The molecule has 6 heteroatoms. The number of nitrogens with one attached hydrogen (secondary N) is 1. The van der Waals surface area contributed by atoms with Crippen molar-refractivity contribution in [3.63, 3.8) is 0 Å². The number of nitrogens with zero attached hydrogens (tertiary/aromatic N) is 2. The van der Waals surface area contributed by atoms with Crippen molar-refractivity contribution >= 4 is 27.9 Å². The Bertz CT molecular complexity index is 595. The maximum absolute atomic E-state index is 13.6. The Hall–Kier alpha value is -0.780. The number of halogens is 1. The molecule has 3 amide bonds. The molecule has 6 fully saturated rings. The predicted octanol–water partition coefficient (Wildman–Crippen LogP) is 2.74. The fourth-order valence-corrected chi connectivity index (χ4v) is 8.42. The third-order valence-corrected chi connectivity index (χ3v) is 8.39. The summed E-state index contributed by atoms with van der Waals surface area (Å²) in [6.45, 7) is 3.13. The van der Waals surface area contributed by atoms with E-state index in [4.69, 9.17) is 0 Å². The maximum atomic E-state index is 13.6. The lowest BCUT2D eigenvalue weighted by molar-refractivity contribution is -0.157. The molecule has 4 bridgehead atoms. The molecule has 2 saturated heterocycles. The van der Waals surface area contributed by atoms with E-state index in [0.717, 1.165) is 70.1 Å². The monoisotopic (exact) mass is 409 g/mol. The van der Waals surface area contributed by atoms with Crippen LogP contribution in [0.2, 0.25) is 0 Å². The molecular formula is C19H28BrN3O2. The van der Waals surface area contributed by atoms with Gasteiger partial charge in [0.1, 0.15) is 0 Å². The van der Waals surface area contributed by atoms with E-state index < -0.39 is 0 Å². The smallest absolute Gasteiger partial charge is 0.317 e. The molecule has 25 heavy (non-hydrogen) atoms. The van der Waals surface area contributed by atoms with Crippen LogP contribution in [0.3, 0.4) is 0 Å². The molecule has 0 aromatic carbocycles. The van der Waals surface area contributed by atoms with Crippen molar-refractivity contribution in [1.29, 1.82) is 0 Å². The Balaban J connectivity index is 1.34. The summed E-state index contributed by atoms with van der Waals surface area (Å²) in [5.41, 5.74) is -0.122. The highest BCUT2D eigenvalue weighted by Gasteiger charge is 2.60. The number of rotatable bonds is 2. The second kappa shape index (κ2) is 5.61. The second-order valence-corrected chi connectivity index (χ2v) is 11.0. The van der Waals surface area contributed by atoms with E-state index in [9.17, 15) is 9.59 Å². The van der Waals surface area contributed by atoms with Gasteiger partial charge in [-0.1, -0.05) is 15.9 Å². The van der Waals surface area contributed by atoms with Gasteiger partial charge >= 0.3 is 6.03 Å². The van der Waals surface area contributed by atoms with Gasteiger partial charge in [-0.05, 0) is 63.2 Å². The van der Waals surface area contributed by atoms with Crippen LogP contribution in [-0.4, -0.2) is 58.3 Å². The minimum Gasteiger partial charge on any atom is -0.340 e. The molecule has 4 aliphatic carbocycles. The van der Waals surface area contributed by atoms with Crippen LogP contribution >= 0.6 is 15.9 Å². The number of piperidine rings is 1. The van der Waals surface area contributed by atoms with Crippen molar-refractivity contribution in [2.24, 2.45) is 17.3 Å². The molecule has 0 spiro atoms.